The van der Waals surface area contributed by atoms with Crippen LogP contribution in [0.3, 0.4) is 0 Å². The van der Waals surface area contributed by atoms with Gasteiger partial charge in [0.25, 0.3) is 11.5 Å². The number of aromatic nitrogens is 2. The van der Waals surface area contributed by atoms with E-state index in [1.807, 2.05) is 60.0 Å². The smallest absolute Gasteiger partial charge is 0.325 e. The number of para-hydroxylation sites is 2. The van der Waals surface area contributed by atoms with Crippen LogP contribution in [0.4, 0.5) is 5.69 Å². The van der Waals surface area contributed by atoms with Crippen LogP contribution < -0.4 is 34.4 Å². The molecule has 3 aromatic carbocycles. The number of hydrogen-bond acceptors (Lipinski definition) is 9. The fourth-order valence-corrected chi connectivity index (χ4v) is 7.25. The maximum absolute atomic E-state index is 14.5. The van der Waals surface area contributed by atoms with Crippen molar-refractivity contribution in [2.45, 2.75) is 33.4 Å². The number of benzene rings is 3. The first-order chi connectivity index (χ1) is 23.7. The summed E-state index contributed by atoms with van der Waals surface area (Å²) in [6, 6.07) is 19.4. The lowest BCUT2D eigenvalue weighted by Gasteiger charge is -2.26. The molecule has 5 aromatic rings. The topological polar surface area (TPSA) is 122 Å². The fourth-order valence-electron chi connectivity index (χ4n) is 6.22. The first-order valence-corrected chi connectivity index (χ1v) is 16.4. The molecule has 11 nitrogen and oxygen atoms in total. The number of nitrogens with zero attached hydrogens (tertiary/aromatic N) is 3. The van der Waals surface area contributed by atoms with Crippen LogP contribution in [0.1, 0.15) is 36.7 Å². The third-order valence-electron chi connectivity index (χ3n) is 8.45. The van der Waals surface area contributed by atoms with Crippen LogP contribution in [0.25, 0.3) is 17.0 Å². The van der Waals surface area contributed by atoms with E-state index in [2.05, 4.69) is 5.32 Å². The number of anilines is 1. The second kappa shape index (κ2) is 13.9. The molecule has 0 spiro atoms. The molecule has 1 N–H and O–H groups in total. The van der Waals surface area contributed by atoms with Crippen molar-refractivity contribution < 1.29 is 28.5 Å². The number of thiazole rings is 1. The number of esters is 1. The Morgan fingerprint density at radius 3 is 2.29 bits per heavy atom. The normalized spacial score (nSPS) is 14.3. The van der Waals surface area contributed by atoms with Crippen LogP contribution in [0.5, 0.6) is 17.2 Å². The Morgan fingerprint density at radius 2 is 1.63 bits per heavy atom. The minimum absolute atomic E-state index is 0.0372. The minimum atomic E-state index is -0.887. The molecule has 0 aliphatic carbocycles. The molecule has 1 atom stereocenters. The molecule has 3 heterocycles. The zero-order valence-electron chi connectivity index (χ0n) is 28.0. The van der Waals surface area contributed by atoms with E-state index in [4.69, 9.17) is 23.9 Å². The molecule has 1 aliphatic heterocycles. The summed E-state index contributed by atoms with van der Waals surface area (Å²) in [6.07, 6.45) is 1.83. The number of fused-ring (bicyclic) bond motifs is 2. The zero-order valence-corrected chi connectivity index (χ0v) is 28.8. The number of methoxy groups -OCH3 is 3. The first kappa shape index (κ1) is 33.3. The third-order valence-corrected chi connectivity index (χ3v) is 9.43. The van der Waals surface area contributed by atoms with Gasteiger partial charge in [0.15, 0.2) is 16.3 Å². The molecule has 0 unspecified atom stereocenters. The number of carbonyl (C=O) groups is 2. The molecular weight excluding hydrogens is 644 g/mol. The van der Waals surface area contributed by atoms with Crippen molar-refractivity contribution in [3.63, 3.8) is 0 Å². The van der Waals surface area contributed by atoms with Crippen molar-refractivity contribution in [2.75, 3.05) is 33.3 Å². The van der Waals surface area contributed by atoms with Gasteiger partial charge < -0.3 is 28.8 Å². The standard InChI is InChI=1S/C37H36N4O7S/c1-7-48-31(42)20-40-22(3)26(25-15-11-12-16-27(25)40)19-30-36(44)41-33(23-17-28(45-4)34(47-6)29(18-23)46-5)32(21(2)38-37(41)49-30)35(43)39-24-13-9-8-10-14-24/h8-19,33H,7,20H2,1-6H3,(H,39,43)/b30-19-/t33-/m1/s1. The van der Waals surface area contributed by atoms with Crippen molar-refractivity contribution in [2.24, 2.45) is 4.99 Å². The quantitative estimate of drug-likeness (QED) is 0.212. The first-order valence-electron chi connectivity index (χ1n) is 15.6. The van der Waals surface area contributed by atoms with Crippen molar-refractivity contribution in [3.05, 3.63) is 115 Å². The Kier molecular flexibility index (Phi) is 9.41. The summed E-state index contributed by atoms with van der Waals surface area (Å²) in [4.78, 5) is 46.3. The molecule has 0 radical (unpaired) electrons. The molecule has 12 heteroatoms. The highest BCUT2D eigenvalue weighted by Crippen LogP contribution is 2.42. The van der Waals surface area contributed by atoms with Gasteiger partial charge in [-0.1, -0.05) is 47.7 Å². The molecular formula is C37H36N4O7S. The second-order valence-electron chi connectivity index (χ2n) is 11.3. The van der Waals surface area contributed by atoms with Gasteiger partial charge in [-0.25, -0.2) is 4.99 Å². The van der Waals surface area contributed by atoms with E-state index in [1.54, 1.807) is 38.1 Å². The number of hydrogen-bond donors (Lipinski definition) is 1. The van der Waals surface area contributed by atoms with Gasteiger partial charge in [-0.3, -0.25) is 19.0 Å². The lowest BCUT2D eigenvalue weighted by Crippen LogP contribution is -2.40. The summed E-state index contributed by atoms with van der Waals surface area (Å²) >= 11 is 1.23. The lowest BCUT2D eigenvalue weighted by atomic mass is 9.94. The molecule has 49 heavy (non-hydrogen) atoms. The van der Waals surface area contributed by atoms with E-state index < -0.39 is 11.9 Å². The van der Waals surface area contributed by atoms with Gasteiger partial charge in [0.05, 0.1) is 49.8 Å². The average Bonchev–Trinajstić information content (AvgIpc) is 3.55. The van der Waals surface area contributed by atoms with Crippen LogP contribution >= 0.6 is 11.3 Å². The summed E-state index contributed by atoms with van der Waals surface area (Å²) in [5, 5.41) is 3.85. The van der Waals surface area contributed by atoms with Crippen molar-refractivity contribution in [1.29, 1.82) is 0 Å². The Labute approximate surface area is 286 Å². The monoisotopic (exact) mass is 680 g/mol. The maximum Gasteiger partial charge on any atom is 0.325 e. The number of allylic oxidation sites excluding steroid dienone is 1. The Bertz CT molecular complexity index is 2280. The number of rotatable bonds is 10. The summed E-state index contributed by atoms with van der Waals surface area (Å²) in [6.45, 7) is 5.76. The highest BCUT2D eigenvalue weighted by molar-refractivity contribution is 7.07. The highest BCUT2D eigenvalue weighted by atomic mass is 32.1. The van der Waals surface area contributed by atoms with E-state index in [0.717, 1.165) is 22.2 Å². The summed E-state index contributed by atoms with van der Waals surface area (Å²) in [5.74, 6) is 0.382. The molecule has 0 saturated heterocycles. The molecule has 6 rings (SSSR count). The lowest BCUT2D eigenvalue weighted by molar-refractivity contribution is -0.143. The number of carbonyl (C=O) groups excluding carboxylic acids is 2. The minimum Gasteiger partial charge on any atom is -0.493 e. The maximum atomic E-state index is 14.5. The molecule has 0 bridgehead atoms. The summed E-state index contributed by atoms with van der Waals surface area (Å²) in [7, 11) is 4.53. The zero-order chi connectivity index (χ0) is 34.8. The molecule has 252 valence electrons. The van der Waals surface area contributed by atoms with Gasteiger partial charge in [-0.05, 0) is 62.7 Å². The molecule has 0 fully saturated rings. The SMILES string of the molecule is CCOC(=O)Cn1c(C)c(/C=c2\sc3n(c2=O)[C@H](c2cc(OC)c(OC)c(OC)c2)C(C(=O)Nc2ccccc2)=C(C)N=3)c2ccccc21. The van der Waals surface area contributed by atoms with Gasteiger partial charge >= 0.3 is 5.97 Å². The van der Waals surface area contributed by atoms with Gasteiger partial charge in [0.1, 0.15) is 6.54 Å². The largest absolute Gasteiger partial charge is 0.493 e. The third kappa shape index (κ3) is 6.11. The van der Waals surface area contributed by atoms with Gasteiger partial charge in [-0.15, -0.1) is 0 Å². The average molecular weight is 681 g/mol. The predicted molar refractivity (Wildman–Crippen MR) is 188 cm³/mol. The van der Waals surface area contributed by atoms with E-state index in [0.29, 0.717) is 49.1 Å². The van der Waals surface area contributed by atoms with Crippen LogP contribution in [-0.2, 0) is 20.9 Å². The highest BCUT2D eigenvalue weighted by Gasteiger charge is 2.34. The molecule has 2 aromatic heterocycles. The molecule has 1 aliphatic rings. The van der Waals surface area contributed by atoms with Crippen LogP contribution in [0.2, 0.25) is 0 Å². The van der Waals surface area contributed by atoms with Crippen molar-refractivity contribution in [1.82, 2.24) is 9.13 Å². The van der Waals surface area contributed by atoms with E-state index in [9.17, 15) is 14.4 Å². The van der Waals surface area contributed by atoms with Crippen LogP contribution in [-0.4, -0.2) is 48.9 Å². The Morgan fingerprint density at radius 1 is 0.959 bits per heavy atom. The number of amides is 1. The van der Waals surface area contributed by atoms with E-state index in [-0.39, 0.29) is 24.7 Å². The fraction of sp³-hybridized carbons (Fsp3) is 0.243. The molecule has 0 saturated carbocycles. The predicted octanol–water partition coefficient (Wildman–Crippen LogP) is 4.73. The summed E-state index contributed by atoms with van der Waals surface area (Å²) in [5.41, 5.74) is 4.04. The van der Waals surface area contributed by atoms with Gasteiger partial charge in [-0.2, -0.15) is 0 Å². The van der Waals surface area contributed by atoms with E-state index >= 15 is 0 Å². The second-order valence-corrected chi connectivity index (χ2v) is 12.3. The Balaban J connectivity index is 1.57. The van der Waals surface area contributed by atoms with Crippen LogP contribution in [0, 0.1) is 6.92 Å². The van der Waals surface area contributed by atoms with Crippen molar-refractivity contribution in [3.8, 4) is 17.2 Å². The number of ether oxygens (including phenoxy) is 4. The van der Waals surface area contributed by atoms with Crippen molar-refractivity contribution >= 4 is 45.9 Å². The van der Waals surface area contributed by atoms with Gasteiger partial charge in [0.2, 0.25) is 5.75 Å². The summed E-state index contributed by atoms with van der Waals surface area (Å²) < 4.78 is 26.0. The molecule has 1 amide bonds. The van der Waals surface area contributed by atoms with Gasteiger partial charge in [0, 0.05) is 27.8 Å². The van der Waals surface area contributed by atoms with Crippen LogP contribution in [0.15, 0.2) is 87.8 Å². The number of nitrogens with one attached hydrogen (secondary N) is 1. The Hall–Kier alpha value is -5.62. The van der Waals surface area contributed by atoms with E-state index in [1.165, 1.54) is 37.2 Å².